The highest BCUT2D eigenvalue weighted by Gasteiger charge is 2.26. The van der Waals surface area contributed by atoms with Gasteiger partial charge in [-0.1, -0.05) is 29.3 Å². The molecule has 1 nitrogen and oxygen atoms in total. The molecule has 20 heavy (non-hydrogen) atoms. The van der Waals surface area contributed by atoms with Gasteiger partial charge in [0.2, 0.25) is 0 Å². The largest absolute Gasteiger partial charge is 0.289 e. The molecule has 0 aliphatic heterocycles. The number of thioether (sulfide) groups is 2. The summed E-state index contributed by atoms with van der Waals surface area (Å²) >= 11 is 15.3. The smallest absolute Gasteiger partial charge is 0.186 e. The SMILES string of the molecule is CSC(SC)=C1CCC(=Cc2ccc(Cl)cc2Cl)C1=O. The normalized spacial score (nSPS) is 17.1. The molecule has 0 radical (unpaired) electrons. The molecule has 2 rings (SSSR count). The molecule has 0 unspecified atom stereocenters. The molecule has 0 atom stereocenters. The number of carbonyl (C=O) groups is 1. The third-order valence-electron chi connectivity index (χ3n) is 3.12. The van der Waals surface area contributed by atoms with Crippen molar-refractivity contribution < 1.29 is 4.79 Å². The van der Waals surface area contributed by atoms with Crippen LogP contribution in [-0.2, 0) is 4.79 Å². The molecular formula is C15H14Cl2OS2. The zero-order valence-corrected chi connectivity index (χ0v) is 14.3. The minimum absolute atomic E-state index is 0.148. The predicted molar refractivity (Wildman–Crippen MR) is 92.7 cm³/mol. The number of halogens is 2. The van der Waals surface area contributed by atoms with E-state index in [1.807, 2.05) is 24.7 Å². The van der Waals surface area contributed by atoms with Gasteiger partial charge in [0.25, 0.3) is 0 Å². The first kappa shape index (κ1) is 16.0. The molecule has 1 aromatic carbocycles. The Morgan fingerprint density at radius 2 is 1.90 bits per heavy atom. The average molecular weight is 345 g/mol. The van der Waals surface area contributed by atoms with Crippen molar-refractivity contribution in [2.24, 2.45) is 0 Å². The molecule has 0 saturated heterocycles. The summed E-state index contributed by atoms with van der Waals surface area (Å²) < 4.78 is 1.11. The van der Waals surface area contributed by atoms with Gasteiger partial charge in [0.15, 0.2) is 5.78 Å². The van der Waals surface area contributed by atoms with Gasteiger partial charge in [-0.25, -0.2) is 0 Å². The second kappa shape index (κ2) is 7.08. The molecule has 1 fully saturated rings. The van der Waals surface area contributed by atoms with Gasteiger partial charge in [-0.2, -0.15) is 0 Å². The Kier molecular flexibility index (Phi) is 5.67. The van der Waals surface area contributed by atoms with Gasteiger partial charge in [0.05, 0.1) is 0 Å². The van der Waals surface area contributed by atoms with Gasteiger partial charge in [-0.3, -0.25) is 4.79 Å². The Hall–Kier alpha value is -0.350. The standard InChI is InChI=1S/C15H14Cl2OS2/c1-19-15(20-2)12-6-4-10(14(12)18)7-9-3-5-11(16)8-13(9)17/h3,5,7-8H,4,6H2,1-2H3. The fourth-order valence-electron chi connectivity index (χ4n) is 2.15. The van der Waals surface area contributed by atoms with Crippen molar-refractivity contribution in [3.8, 4) is 0 Å². The molecule has 1 aliphatic rings. The zero-order valence-electron chi connectivity index (χ0n) is 11.2. The molecule has 0 spiro atoms. The highest BCUT2D eigenvalue weighted by molar-refractivity contribution is 8.21. The maximum atomic E-state index is 12.4. The molecule has 0 N–H and O–H groups in total. The van der Waals surface area contributed by atoms with Crippen molar-refractivity contribution in [3.63, 3.8) is 0 Å². The van der Waals surface area contributed by atoms with Crippen molar-refractivity contribution in [2.75, 3.05) is 12.5 Å². The fraction of sp³-hybridized carbons (Fsp3) is 0.267. The quantitative estimate of drug-likeness (QED) is 0.656. The van der Waals surface area contributed by atoms with E-state index in [9.17, 15) is 4.79 Å². The summed E-state index contributed by atoms with van der Waals surface area (Å²) in [5.74, 6) is 0.148. The van der Waals surface area contributed by atoms with Crippen LogP contribution in [0.25, 0.3) is 6.08 Å². The van der Waals surface area contributed by atoms with Crippen LogP contribution < -0.4 is 0 Å². The molecule has 1 saturated carbocycles. The summed E-state index contributed by atoms with van der Waals surface area (Å²) in [7, 11) is 0. The van der Waals surface area contributed by atoms with Crippen molar-refractivity contribution in [3.05, 3.63) is 49.2 Å². The average Bonchev–Trinajstić information content (AvgIpc) is 2.77. The predicted octanol–water partition coefficient (Wildman–Crippen LogP) is 5.68. The van der Waals surface area contributed by atoms with Crippen LogP contribution in [0.15, 0.2) is 33.6 Å². The number of benzene rings is 1. The highest BCUT2D eigenvalue weighted by atomic mass is 35.5. The second-order valence-corrected chi connectivity index (χ2v) is 7.07. The summed E-state index contributed by atoms with van der Waals surface area (Å²) in [4.78, 5) is 12.4. The lowest BCUT2D eigenvalue weighted by atomic mass is 10.1. The number of carbonyl (C=O) groups excluding carboxylic acids is 1. The molecule has 0 amide bonds. The Bertz CT molecular complexity index is 600. The lowest BCUT2D eigenvalue weighted by molar-refractivity contribution is -0.111. The first-order valence-electron chi connectivity index (χ1n) is 6.08. The van der Waals surface area contributed by atoms with Crippen LogP contribution in [0, 0.1) is 0 Å². The van der Waals surface area contributed by atoms with E-state index in [1.54, 1.807) is 35.7 Å². The minimum atomic E-state index is 0.148. The van der Waals surface area contributed by atoms with E-state index in [-0.39, 0.29) is 5.78 Å². The number of allylic oxidation sites excluding steroid dienone is 2. The van der Waals surface area contributed by atoms with Gasteiger partial charge < -0.3 is 0 Å². The number of Topliss-reactive ketones (excluding diaryl/α,β-unsaturated/α-hetero) is 1. The fourth-order valence-corrected chi connectivity index (χ4v) is 4.16. The van der Waals surface area contributed by atoms with Crippen LogP contribution in [-0.4, -0.2) is 18.3 Å². The third kappa shape index (κ3) is 3.45. The minimum Gasteiger partial charge on any atom is -0.289 e. The molecule has 0 aromatic heterocycles. The second-order valence-electron chi connectivity index (χ2n) is 4.34. The molecular weight excluding hydrogens is 331 g/mol. The van der Waals surface area contributed by atoms with Gasteiger partial charge in [-0.15, -0.1) is 23.5 Å². The molecule has 106 valence electrons. The van der Waals surface area contributed by atoms with Gasteiger partial charge >= 0.3 is 0 Å². The van der Waals surface area contributed by atoms with E-state index in [4.69, 9.17) is 23.2 Å². The zero-order chi connectivity index (χ0) is 14.7. The molecule has 1 aliphatic carbocycles. The summed E-state index contributed by atoms with van der Waals surface area (Å²) in [6, 6.07) is 5.32. The summed E-state index contributed by atoms with van der Waals surface area (Å²) in [5, 5.41) is 1.17. The Balaban J connectivity index is 2.34. The lowest BCUT2D eigenvalue weighted by Crippen LogP contribution is -1.97. The van der Waals surface area contributed by atoms with E-state index < -0.39 is 0 Å². The van der Waals surface area contributed by atoms with Crippen LogP contribution in [0.2, 0.25) is 10.0 Å². The van der Waals surface area contributed by atoms with E-state index >= 15 is 0 Å². The van der Waals surface area contributed by atoms with Crippen LogP contribution in [0.1, 0.15) is 18.4 Å². The van der Waals surface area contributed by atoms with Crippen molar-refractivity contribution >= 4 is 58.6 Å². The summed E-state index contributed by atoms with van der Waals surface area (Å²) in [6.07, 6.45) is 7.48. The Morgan fingerprint density at radius 1 is 1.20 bits per heavy atom. The van der Waals surface area contributed by atoms with Gasteiger partial charge in [0, 0.05) is 25.4 Å². The van der Waals surface area contributed by atoms with E-state index in [1.165, 1.54) is 0 Å². The van der Waals surface area contributed by atoms with Crippen LogP contribution in [0.5, 0.6) is 0 Å². The van der Waals surface area contributed by atoms with Crippen molar-refractivity contribution in [2.45, 2.75) is 12.8 Å². The molecule has 5 heteroatoms. The maximum Gasteiger partial charge on any atom is 0.186 e. The van der Waals surface area contributed by atoms with Gasteiger partial charge in [0.1, 0.15) is 0 Å². The highest BCUT2D eigenvalue weighted by Crippen LogP contribution is 2.38. The van der Waals surface area contributed by atoms with Gasteiger partial charge in [-0.05, 0) is 49.1 Å². The molecule has 0 bridgehead atoms. The van der Waals surface area contributed by atoms with Crippen LogP contribution in [0.3, 0.4) is 0 Å². The van der Waals surface area contributed by atoms with E-state index in [0.29, 0.717) is 10.0 Å². The van der Waals surface area contributed by atoms with Crippen LogP contribution >= 0.6 is 46.7 Å². The molecule has 1 aromatic rings. The maximum absolute atomic E-state index is 12.4. The Labute approximate surface area is 137 Å². The number of rotatable bonds is 3. The monoisotopic (exact) mass is 344 g/mol. The summed E-state index contributed by atoms with van der Waals surface area (Å²) in [6.45, 7) is 0. The van der Waals surface area contributed by atoms with Crippen molar-refractivity contribution in [1.82, 2.24) is 0 Å². The summed E-state index contributed by atoms with van der Waals surface area (Å²) in [5.41, 5.74) is 2.60. The number of hydrogen-bond donors (Lipinski definition) is 0. The lowest BCUT2D eigenvalue weighted by Gasteiger charge is -2.03. The van der Waals surface area contributed by atoms with E-state index in [0.717, 1.165) is 33.8 Å². The molecule has 0 heterocycles. The van der Waals surface area contributed by atoms with Crippen molar-refractivity contribution in [1.29, 1.82) is 0 Å². The van der Waals surface area contributed by atoms with Crippen LogP contribution in [0.4, 0.5) is 0 Å². The Morgan fingerprint density at radius 3 is 2.50 bits per heavy atom. The number of ketones is 1. The first-order valence-corrected chi connectivity index (χ1v) is 9.28. The first-order chi connectivity index (χ1) is 9.56. The third-order valence-corrected chi connectivity index (χ3v) is 5.92. The topological polar surface area (TPSA) is 17.1 Å². The van der Waals surface area contributed by atoms with E-state index in [2.05, 4.69) is 0 Å². The number of hydrogen-bond acceptors (Lipinski definition) is 3.